The fraction of sp³-hybridized carbons (Fsp3) is 0.467. The molecule has 2 aromatic rings. The first-order valence-corrected chi connectivity index (χ1v) is 8.86. The number of halogens is 1. The van der Waals surface area contributed by atoms with Crippen LogP contribution in [0.3, 0.4) is 0 Å². The van der Waals surface area contributed by atoms with Crippen LogP contribution in [-0.2, 0) is 16.6 Å². The molecular formula is C15H20FN3O2S. The molecule has 0 unspecified atom stereocenters. The molecule has 0 aliphatic heterocycles. The van der Waals surface area contributed by atoms with Crippen LogP contribution < -0.4 is 4.72 Å². The van der Waals surface area contributed by atoms with Crippen LogP contribution in [0.2, 0.25) is 0 Å². The Bertz CT molecular complexity index is 768. The Morgan fingerprint density at radius 1 is 1.41 bits per heavy atom. The molecule has 0 radical (unpaired) electrons. The molecule has 1 aromatic heterocycles. The molecule has 1 aromatic carbocycles. The van der Waals surface area contributed by atoms with Crippen LogP contribution in [0, 0.1) is 11.7 Å². The Labute approximate surface area is 129 Å². The Morgan fingerprint density at radius 3 is 2.91 bits per heavy atom. The molecule has 3 rings (SSSR count). The molecule has 22 heavy (non-hydrogen) atoms. The van der Waals surface area contributed by atoms with Crippen molar-refractivity contribution in [3.8, 4) is 0 Å². The lowest BCUT2D eigenvalue weighted by molar-refractivity contribution is 0.443. The predicted molar refractivity (Wildman–Crippen MR) is 84.2 cm³/mol. The van der Waals surface area contributed by atoms with Crippen molar-refractivity contribution in [2.45, 2.75) is 19.3 Å². The van der Waals surface area contributed by atoms with Crippen LogP contribution in [0.1, 0.15) is 18.4 Å². The summed E-state index contributed by atoms with van der Waals surface area (Å²) in [6, 6.07) is 4.55. The number of H-pyrrole nitrogens is 1. The maximum atomic E-state index is 13.3. The van der Waals surface area contributed by atoms with Crippen LogP contribution in [0.25, 0.3) is 10.9 Å². The first-order chi connectivity index (χ1) is 10.5. The van der Waals surface area contributed by atoms with Crippen molar-refractivity contribution in [3.05, 3.63) is 35.8 Å². The van der Waals surface area contributed by atoms with Gasteiger partial charge in [0.05, 0.1) is 0 Å². The van der Waals surface area contributed by atoms with Gasteiger partial charge in [0.15, 0.2) is 0 Å². The highest BCUT2D eigenvalue weighted by Crippen LogP contribution is 2.29. The molecule has 1 aliphatic rings. The average Bonchev–Trinajstić information content (AvgIpc) is 3.19. The van der Waals surface area contributed by atoms with Crippen LogP contribution in [0.15, 0.2) is 24.4 Å². The van der Waals surface area contributed by atoms with Gasteiger partial charge in [-0.05, 0) is 48.9 Å². The van der Waals surface area contributed by atoms with Gasteiger partial charge in [0.1, 0.15) is 5.82 Å². The first-order valence-electron chi connectivity index (χ1n) is 7.42. The number of rotatable bonds is 7. The summed E-state index contributed by atoms with van der Waals surface area (Å²) < 4.78 is 41.5. The van der Waals surface area contributed by atoms with Gasteiger partial charge in [0, 0.05) is 37.2 Å². The predicted octanol–water partition coefficient (Wildman–Crippen LogP) is 2.03. The van der Waals surface area contributed by atoms with E-state index in [-0.39, 0.29) is 5.82 Å². The lowest BCUT2D eigenvalue weighted by atomic mass is 10.1. The first kappa shape index (κ1) is 15.5. The van der Waals surface area contributed by atoms with E-state index in [1.54, 1.807) is 19.3 Å². The maximum Gasteiger partial charge on any atom is 0.279 e. The van der Waals surface area contributed by atoms with Crippen molar-refractivity contribution in [2.75, 3.05) is 20.1 Å². The lowest BCUT2D eigenvalue weighted by Gasteiger charge is -2.17. The summed E-state index contributed by atoms with van der Waals surface area (Å²) in [5.74, 6) is 0.219. The number of nitrogens with zero attached hydrogens (tertiary/aromatic N) is 1. The van der Waals surface area contributed by atoms with Crippen molar-refractivity contribution >= 4 is 21.1 Å². The highest BCUT2D eigenvalue weighted by molar-refractivity contribution is 7.87. The van der Waals surface area contributed by atoms with Gasteiger partial charge in [-0.1, -0.05) is 0 Å². The number of benzene rings is 1. The zero-order chi connectivity index (χ0) is 15.7. The van der Waals surface area contributed by atoms with Gasteiger partial charge in [-0.2, -0.15) is 12.7 Å². The smallest absolute Gasteiger partial charge is 0.279 e. The van der Waals surface area contributed by atoms with Crippen molar-refractivity contribution in [2.24, 2.45) is 5.92 Å². The second-order valence-corrected chi connectivity index (χ2v) is 7.74. The fourth-order valence-electron chi connectivity index (χ4n) is 2.54. The summed E-state index contributed by atoms with van der Waals surface area (Å²) in [7, 11) is -1.83. The second kappa shape index (κ2) is 5.98. The molecule has 1 saturated carbocycles. The fourth-order valence-corrected chi connectivity index (χ4v) is 3.53. The molecule has 0 bridgehead atoms. The molecule has 1 heterocycles. The number of aromatic nitrogens is 1. The third kappa shape index (κ3) is 3.48. The molecule has 0 atom stereocenters. The second-order valence-electron chi connectivity index (χ2n) is 5.88. The molecule has 1 fully saturated rings. The number of fused-ring (bicyclic) bond motifs is 1. The van der Waals surface area contributed by atoms with Crippen molar-refractivity contribution < 1.29 is 12.8 Å². The van der Waals surface area contributed by atoms with Gasteiger partial charge in [0.2, 0.25) is 0 Å². The Balaban J connectivity index is 1.60. The summed E-state index contributed by atoms with van der Waals surface area (Å²) in [5.41, 5.74) is 1.76. The van der Waals surface area contributed by atoms with E-state index in [0.29, 0.717) is 25.4 Å². The standard InChI is InChI=1S/C15H20FN3O2S/c1-19(10-11-2-3-11)22(20,21)18-7-6-12-9-17-15-5-4-13(16)8-14(12)15/h4-5,8-9,11,17-18H,2-3,6-7,10H2,1H3. The highest BCUT2D eigenvalue weighted by atomic mass is 32.2. The Morgan fingerprint density at radius 2 is 2.18 bits per heavy atom. The zero-order valence-corrected chi connectivity index (χ0v) is 13.3. The highest BCUT2D eigenvalue weighted by Gasteiger charge is 2.27. The third-order valence-corrected chi connectivity index (χ3v) is 5.57. The molecule has 0 amide bonds. The SMILES string of the molecule is CN(CC1CC1)S(=O)(=O)NCCc1c[nH]c2ccc(F)cc12. The molecule has 120 valence electrons. The summed E-state index contributed by atoms with van der Waals surface area (Å²) in [5, 5.41) is 0.797. The minimum atomic E-state index is -3.43. The quantitative estimate of drug-likeness (QED) is 0.818. The summed E-state index contributed by atoms with van der Waals surface area (Å²) in [6.07, 6.45) is 4.54. The third-order valence-electron chi connectivity index (χ3n) is 4.03. The minimum absolute atomic E-state index is 0.292. The van der Waals surface area contributed by atoms with Gasteiger partial charge >= 0.3 is 0 Å². The van der Waals surface area contributed by atoms with Crippen LogP contribution >= 0.6 is 0 Å². The van der Waals surface area contributed by atoms with E-state index in [1.807, 2.05) is 0 Å². The van der Waals surface area contributed by atoms with E-state index >= 15 is 0 Å². The van der Waals surface area contributed by atoms with Gasteiger partial charge in [-0.25, -0.2) is 9.11 Å². The summed E-state index contributed by atoms with van der Waals surface area (Å²) in [6.45, 7) is 0.869. The van der Waals surface area contributed by atoms with E-state index in [2.05, 4.69) is 9.71 Å². The largest absolute Gasteiger partial charge is 0.361 e. The molecule has 7 heteroatoms. The summed E-state index contributed by atoms with van der Waals surface area (Å²) in [4.78, 5) is 3.07. The molecule has 0 saturated heterocycles. The Kier molecular flexibility index (Phi) is 4.20. The monoisotopic (exact) mass is 325 g/mol. The van der Waals surface area contributed by atoms with Crippen LogP contribution in [0.4, 0.5) is 4.39 Å². The van der Waals surface area contributed by atoms with Gasteiger partial charge in [-0.15, -0.1) is 0 Å². The maximum absolute atomic E-state index is 13.3. The molecular weight excluding hydrogens is 305 g/mol. The van der Waals surface area contributed by atoms with E-state index in [4.69, 9.17) is 0 Å². The van der Waals surface area contributed by atoms with E-state index in [0.717, 1.165) is 29.3 Å². The van der Waals surface area contributed by atoms with Gasteiger partial charge in [0.25, 0.3) is 10.2 Å². The molecule has 0 spiro atoms. The van der Waals surface area contributed by atoms with E-state index < -0.39 is 10.2 Å². The number of aromatic amines is 1. The number of nitrogens with one attached hydrogen (secondary N) is 2. The normalized spacial score (nSPS) is 15.8. The average molecular weight is 325 g/mol. The van der Waals surface area contributed by atoms with E-state index in [9.17, 15) is 12.8 Å². The van der Waals surface area contributed by atoms with Crippen molar-refractivity contribution in [1.29, 1.82) is 0 Å². The lowest BCUT2D eigenvalue weighted by Crippen LogP contribution is -2.40. The number of hydrogen-bond acceptors (Lipinski definition) is 2. The van der Waals surface area contributed by atoms with E-state index in [1.165, 1.54) is 16.4 Å². The zero-order valence-electron chi connectivity index (χ0n) is 12.5. The summed E-state index contributed by atoms with van der Waals surface area (Å²) >= 11 is 0. The minimum Gasteiger partial charge on any atom is -0.361 e. The van der Waals surface area contributed by atoms with Crippen molar-refractivity contribution in [3.63, 3.8) is 0 Å². The number of hydrogen-bond donors (Lipinski definition) is 2. The van der Waals surface area contributed by atoms with Gasteiger partial charge in [-0.3, -0.25) is 0 Å². The molecule has 2 N–H and O–H groups in total. The van der Waals surface area contributed by atoms with Gasteiger partial charge < -0.3 is 4.98 Å². The van der Waals surface area contributed by atoms with Crippen molar-refractivity contribution in [1.82, 2.24) is 14.0 Å². The van der Waals surface area contributed by atoms with Crippen LogP contribution in [-0.4, -0.2) is 37.8 Å². The molecule has 1 aliphatic carbocycles. The Hall–Kier alpha value is -1.44. The molecule has 5 nitrogen and oxygen atoms in total. The van der Waals surface area contributed by atoms with Crippen LogP contribution in [0.5, 0.6) is 0 Å². The topological polar surface area (TPSA) is 65.2 Å².